The molecule has 4 heterocycles. The van der Waals surface area contributed by atoms with Crippen molar-refractivity contribution in [2.24, 2.45) is 5.92 Å². The van der Waals surface area contributed by atoms with Crippen molar-refractivity contribution in [1.82, 2.24) is 30.0 Å². The van der Waals surface area contributed by atoms with Crippen LogP contribution in [0, 0.1) is 12.8 Å². The Morgan fingerprint density at radius 1 is 1.22 bits per heavy atom. The fourth-order valence-electron chi connectivity index (χ4n) is 3.69. The molecule has 1 fully saturated rings. The Morgan fingerprint density at radius 2 is 2.19 bits per heavy atom. The van der Waals surface area contributed by atoms with E-state index < -0.39 is 0 Å². The Morgan fingerprint density at radius 3 is 3.04 bits per heavy atom. The molecule has 0 radical (unpaired) electrons. The van der Waals surface area contributed by atoms with Crippen LogP contribution in [0.15, 0.2) is 42.9 Å². The van der Waals surface area contributed by atoms with E-state index in [0.29, 0.717) is 5.92 Å². The lowest BCUT2D eigenvalue weighted by Crippen LogP contribution is -2.35. The lowest BCUT2D eigenvalue weighted by Gasteiger charge is -2.32. The summed E-state index contributed by atoms with van der Waals surface area (Å²) in [4.78, 5) is 15.8. The lowest BCUT2D eigenvalue weighted by atomic mass is 9.93. The number of aryl methyl sites for hydroxylation is 1. The molecule has 0 aliphatic carbocycles. The number of nitrogens with zero attached hydrogens (tertiary/aromatic N) is 5. The molecule has 0 aromatic carbocycles. The van der Waals surface area contributed by atoms with E-state index in [4.69, 9.17) is 0 Å². The number of nitrogens with one attached hydrogen (secondary N) is 2. The summed E-state index contributed by atoms with van der Waals surface area (Å²) in [6, 6.07) is 10.0. The summed E-state index contributed by atoms with van der Waals surface area (Å²) in [6.45, 7) is 5.15. The SMILES string of the molecule is Cc1cccc(Nc2cc(CC3CCCN(Cc4ccn[nH]4)C3)ncn2)n1. The van der Waals surface area contributed by atoms with E-state index in [-0.39, 0.29) is 0 Å². The smallest absolute Gasteiger partial charge is 0.135 e. The molecule has 1 unspecified atom stereocenters. The molecule has 0 spiro atoms. The van der Waals surface area contributed by atoms with Gasteiger partial charge in [-0.25, -0.2) is 15.0 Å². The zero-order valence-electron chi connectivity index (χ0n) is 15.6. The molecule has 0 amide bonds. The maximum atomic E-state index is 4.49. The molecular formula is C20H25N7. The van der Waals surface area contributed by atoms with Crippen molar-refractivity contribution < 1.29 is 0 Å². The maximum absolute atomic E-state index is 4.49. The molecule has 140 valence electrons. The predicted molar refractivity (Wildman–Crippen MR) is 105 cm³/mol. The summed E-state index contributed by atoms with van der Waals surface area (Å²) in [6.07, 6.45) is 6.89. The number of aromatic nitrogens is 5. The number of anilines is 2. The van der Waals surface area contributed by atoms with E-state index in [0.717, 1.165) is 49.1 Å². The minimum atomic E-state index is 0.613. The van der Waals surface area contributed by atoms with Gasteiger partial charge in [0.1, 0.15) is 18.0 Å². The van der Waals surface area contributed by atoms with Gasteiger partial charge in [-0.15, -0.1) is 0 Å². The second-order valence-corrected chi connectivity index (χ2v) is 7.21. The van der Waals surface area contributed by atoms with Crippen molar-refractivity contribution in [3.63, 3.8) is 0 Å². The van der Waals surface area contributed by atoms with Crippen LogP contribution in [-0.2, 0) is 13.0 Å². The summed E-state index contributed by atoms with van der Waals surface area (Å²) in [5.41, 5.74) is 3.23. The first-order chi connectivity index (χ1) is 13.2. The average molecular weight is 363 g/mol. The molecule has 27 heavy (non-hydrogen) atoms. The molecule has 3 aromatic rings. The zero-order chi connectivity index (χ0) is 18.5. The molecule has 0 bridgehead atoms. The largest absolute Gasteiger partial charge is 0.325 e. The van der Waals surface area contributed by atoms with E-state index >= 15 is 0 Å². The number of aromatic amines is 1. The second-order valence-electron chi connectivity index (χ2n) is 7.21. The van der Waals surface area contributed by atoms with Gasteiger partial charge >= 0.3 is 0 Å². The molecule has 1 atom stereocenters. The van der Waals surface area contributed by atoms with Crippen molar-refractivity contribution in [2.45, 2.75) is 32.7 Å². The average Bonchev–Trinajstić information content (AvgIpc) is 3.15. The monoisotopic (exact) mass is 363 g/mol. The standard InChI is InChI=1S/C20H25N7/c1-15-4-2-6-19(24-15)25-20-11-18(21-14-22-20)10-16-5-3-9-27(12-16)13-17-7-8-23-26-17/h2,4,6-8,11,14,16H,3,5,9-10,12-13H2,1H3,(H,23,26)(H,21,22,24,25). The summed E-state index contributed by atoms with van der Waals surface area (Å²) in [5.74, 6) is 2.22. The van der Waals surface area contributed by atoms with E-state index in [1.165, 1.54) is 18.5 Å². The highest BCUT2D eigenvalue weighted by molar-refractivity contribution is 5.51. The number of likely N-dealkylation sites (tertiary alicyclic amines) is 1. The molecule has 2 N–H and O–H groups in total. The third-order valence-electron chi connectivity index (χ3n) is 4.92. The van der Waals surface area contributed by atoms with Crippen LogP contribution in [0.5, 0.6) is 0 Å². The lowest BCUT2D eigenvalue weighted by molar-refractivity contribution is 0.164. The number of rotatable bonds is 6. The van der Waals surface area contributed by atoms with Crippen molar-refractivity contribution in [3.8, 4) is 0 Å². The van der Waals surface area contributed by atoms with Gasteiger partial charge in [0, 0.05) is 42.4 Å². The highest BCUT2D eigenvalue weighted by Gasteiger charge is 2.21. The van der Waals surface area contributed by atoms with Crippen LogP contribution < -0.4 is 5.32 Å². The first-order valence-corrected chi connectivity index (χ1v) is 9.47. The normalized spacial score (nSPS) is 17.7. The van der Waals surface area contributed by atoms with Gasteiger partial charge in [-0.2, -0.15) is 5.10 Å². The highest BCUT2D eigenvalue weighted by Crippen LogP contribution is 2.22. The van der Waals surface area contributed by atoms with Crippen LogP contribution in [0.4, 0.5) is 11.6 Å². The molecule has 7 heteroatoms. The molecule has 0 saturated carbocycles. The van der Waals surface area contributed by atoms with Gasteiger partial charge in [-0.3, -0.25) is 10.00 Å². The fraction of sp³-hybridized carbons (Fsp3) is 0.400. The zero-order valence-corrected chi connectivity index (χ0v) is 15.6. The first kappa shape index (κ1) is 17.6. The van der Waals surface area contributed by atoms with Crippen molar-refractivity contribution in [2.75, 3.05) is 18.4 Å². The van der Waals surface area contributed by atoms with Gasteiger partial charge in [0.25, 0.3) is 0 Å². The van der Waals surface area contributed by atoms with E-state index in [1.54, 1.807) is 6.33 Å². The van der Waals surface area contributed by atoms with Crippen LogP contribution in [0.3, 0.4) is 0 Å². The van der Waals surface area contributed by atoms with Crippen molar-refractivity contribution >= 4 is 11.6 Å². The van der Waals surface area contributed by atoms with E-state index in [1.807, 2.05) is 43.5 Å². The Labute approximate surface area is 159 Å². The third-order valence-corrected chi connectivity index (χ3v) is 4.92. The molecule has 1 aliphatic heterocycles. The predicted octanol–water partition coefficient (Wildman–Crippen LogP) is 3.10. The fourth-order valence-corrected chi connectivity index (χ4v) is 3.69. The number of hydrogen-bond donors (Lipinski definition) is 2. The second kappa shape index (κ2) is 8.26. The Hall–Kier alpha value is -2.80. The molecule has 4 rings (SSSR count). The summed E-state index contributed by atoms with van der Waals surface area (Å²) >= 11 is 0. The van der Waals surface area contributed by atoms with Crippen LogP contribution in [-0.4, -0.2) is 43.1 Å². The molecule has 1 saturated heterocycles. The first-order valence-electron chi connectivity index (χ1n) is 9.47. The van der Waals surface area contributed by atoms with Crippen LogP contribution >= 0.6 is 0 Å². The number of H-pyrrole nitrogens is 1. The molecule has 1 aliphatic rings. The molecular weight excluding hydrogens is 338 g/mol. The van der Waals surface area contributed by atoms with Gasteiger partial charge in [0.15, 0.2) is 0 Å². The minimum Gasteiger partial charge on any atom is -0.325 e. The van der Waals surface area contributed by atoms with Gasteiger partial charge in [0.05, 0.1) is 0 Å². The van der Waals surface area contributed by atoms with Crippen LogP contribution in [0.25, 0.3) is 0 Å². The Bertz CT molecular complexity index is 862. The van der Waals surface area contributed by atoms with Crippen LogP contribution in [0.1, 0.15) is 29.9 Å². The summed E-state index contributed by atoms with van der Waals surface area (Å²) < 4.78 is 0. The number of hydrogen-bond acceptors (Lipinski definition) is 6. The Kier molecular flexibility index (Phi) is 5.39. The third kappa shape index (κ3) is 4.89. The van der Waals surface area contributed by atoms with Gasteiger partial charge in [-0.1, -0.05) is 6.07 Å². The number of pyridine rings is 1. The van der Waals surface area contributed by atoms with Gasteiger partial charge in [-0.05, 0) is 56.8 Å². The summed E-state index contributed by atoms with van der Waals surface area (Å²) in [5, 5.41) is 10.4. The van der Waals surface area contributed by atoms with Crippen LogP contribution in [0.2, 0.25) is 0 Å². The molecule has 3 aromatic heterocycles. The Balaban J connectivity index is 1.37. The van der Waals surface area contributed by atoms with Crippen molar-refractivity contribution in [1.29, 1.82) is 0 Å². The number of piperidine rings is 1. The topological polar surface area (TPSA) is 82.6 Å². The molecule has 7 nitrogen and oxygen atoms in total. The van der Waals surface area contributed by atoms with E-state index in [2.05, 4.69) is 35.4 Å². The van der Waals surface area contributed by atoms with Gasteiger partial charge < -0.3 is 5.32 Å². The van der Waals surface area contributed by atoms with Crippen molar-refractivity contribution in [3.05, 3.63) is 59.9 Å². The quantitative estimate of drug-likeness (QED) is 0.700. The highest BCUT2D eigenvalue weighted by atomic mass is 15.2. The van der Waals surface area contributed by atoms with E-state index in [9.17, 15) is 0 Å². The minimum absolute atomic E-state index is 0.613. The summed E-state index contributed by atoms with van der Waals surface area (Å²) in [7, 11) is 0. The maximum Gasteiger partial charge on any atom is 0.135 e. The van der Waals surface area contributed by atoms with Gasteiger partial charge in [0.2, 0.25) is 0 Å².